The Bertz CT molecular complexity index is 296. The monoisotopic (exact) mass is 189 g/mol. The fourth-order valence-corrected chi connectivity index (χ4v) is 6.41. The smallest absolute Gasteiger partial charge is 0.00459 e. The Morgan fingerprint density at radius 2 is 1.43 bits per heavy atom. The highest BCUT2D eigenvalue weighted by molar-refractivity contribution is 5.26. The molecule has 0 aromatic rings. The van der Waals surface area contributed by atoms with Crippen molar-refractivity contribution >= 4 is 0 Å². The van der Waals surface area contributed by atoms with Gasteiger partial charge in [0, 0.05) is 0 Å². The Kier molecular flexibility index (Phi) is 1.00. The molecule has 1 nitrogen and oxygen atoms in total. The van der Waals surface area contributed by atoms with Crippen molar-refractivity contribution in [3.05, 3.63) is 0 Å². The minimum Gasteiger partial charge on any atom is -0.330 e. The molecule has 9 unspecified atom stereocenters. The second-order valence-electron chi connectivity index (χ2n) is 6.69. The van der Waals surface area contributed by atoms with Crippen molar-refractivity contribution in [1.82, 2.24) is 0 Å². The lowest BCUT2D eigenvalue weighted by Gasteiger charge is -2.85. The third kappa shape index (κ3) is 0.476. The zero-order valence-electron chi connectivity index (χ0n) is 8.60. The Balaban J connectivity index is 1.43. The standard InChI is InChI=1S/C13H19N/c14-4-5-3-8-9(5)13-11-7-2-1-6(7)10(11)12(8)13/h5-13H,1-4,14H2. The molecule has 5 fully saturated rings. The van der Waals surface area contributed by atoms with E-state index in [0.29, 0.717) is 0 Å². The lowest BCUT2D eigenvalue weighted by molar-refractivity contribution is -0.374. The van der Waals surface area contributed by atoms with Crippen LogP contribution in [0.5, 0.6) is 0 Å². The minimum absolute atomic E-state index is 0.946. The van der Waals surface area contributed by atoms with Crippen LogP contribution >= 0.6 is 0 Å². The highest BCUT2D eigenvalue weighted by atomic mass is 14.8. The Hall–Kier alpha value is -0.0400. The van der Waals surface area contributed by atoms with Gasteiger partial charge in [-0.25, -0.2) is 0 Å². The molecule has 76 valence electrons. The molecule has 0 aromatic carbocycles. The van der Waals surface area contributed by atoms with Crippen molar-refractivity contribution in [3.63, 3.8) is 0 Å². The average Bonchev–Trinajstić information content (AvgIpc) is 2.13. The van der Waals surface area contributed by atoms with Gasteiger partial charge in [0.2, 0.25) is 0 Å². The molecule has 0 radical (unpaired) electrons. The highest BCUT2D eigenvalue weighted by Gasteiger charge is 2.79. The van der Waals surface area contributed by atoms with Gasteiger partial charge in [-0.3, -0.25) is 0 Å². The molecule has 0 bridgehead atoms. The number of hydrogen-bond acceptors (Lipinski definition) is 1. The van der Waals surface area contributed by atoms with E-state index in [0.717, 1.165) is 24.3 Å². The van der Waals surface area contributed by atoms with Crippen LogP contribution in [0.15, 0.2) is 0 Å². The number of hydrogen-bond donors (Lipinski definition) is 1. The first-order valence-electron chi connectivity index (χ1n) is 6.62. The molecule has 0 saturated heterocycles. The van der Waals surface area contributed by atoms with E-state index in [1.165, 1.54) is 41.9 Å². The van der Waals surface area contributed by atoms with Gasteiger partial charge < -0.3 is 5.73 Å². The largest absolute Gasteiger partial charge is 0.330 e. The molecule has 0 amide bonds. The molecule has 9 atom stereocenters. The van der Waals surface area contributed by atoms with Crippen LogP contribution in [0, 0.1) is 53.3 Å². The van der Waals surface area contributed by atoms with Crippen LogP contribution in [0.2, 0.25) is 0 Å². The van der Waals surface area contributed by atoms with E-state index in [9.17, 15) is 0 Å². The van der Waals surface area contributed by atoms with Gasteiger partial charge in [-0.05, 0) is 79.1 Å². The van der Waals surface area contributed by atoms with Crippen LogP contribution in [0.1, 0.15) is 19.3 Å². The van der Waals surface area contributed by atoms with Crippen molar-refractivity contribution in [2.75, 3.05) is 6.54 Å². The van der Waals surface area contributed by atoms with Gasteiger partial charge in [0.25, 0.3) is 0 Å². The maximum Gasteiger partial charge on any atom is -0.00459 e. The van der Waals surface area contributed by atoms with E-state index in [1.54, 1.807) is 12.8 Å². The van der Waals surface area contributed by atoms with Gasteiger partial charge in [-0.1, -0.05) is 0 Å². The first kappa shape index (κ1) is 7.27. The van der Waals surface area contributed by atoms with Crippen molar-refractivity contribution in [2.24, 2.45) is 59.0 Å². The third-order valence-corrected chi connectivity index (χ3v) is 7.01. The molecular weight excluding hydrogens is 170 g/mol. The van der Waals surface area contributed by atoms with Gasteiger partial charge >= 0.3 is 0 Å². The maximum absolute atomic E-state index is 5.83. The Morgan fingerprint density at radius 1 is 0.786 bits per heavy atom. The fourth-order valence-electron chi connectivity index (χ4n) is 6.41. The molecule has 0 heterocycles. The summed E-state index contributed by atoms with van der Waals surface area (Å²) in [6.45, 7) is 0.982. The summed E-state index contributed by atoms with van der Waals surface area (Å²) in [5.41, 5.74) is 5.83. The van der Waals surface area contributed by atoms with E-state index in [-0.39, 0.29) is 0 Å². The summed E-state index contributed by atoms with van der Waals surface area (Å²) in [6, 6.07) is 0. The fraction of sp³-hybridized carbons (Fsp3) is 1.00. The molecule has 1 heteroatoms. The van der Waals surface area contributed by atoms with Crippen LogP contribution < -0.4 is 5.73 Å². The van der Waals surface area contributed by atoms with Gasteiger partial charge in [-0.2, -0.15) is 0 Å². The summed E-state index contributed by atoms with van der Waals surface area (Å²) in [7, 11) is 0. The predicted octanol–water partition coefficient (Wildman–Crippen LogP) is 1.73. The SMILES string of the molecule is NCC1CC2C1C1C3C4CCC4C3C21. The molecule has 0 spiro atoms. The van der Waals surface area contributed by atoms with Crippen molar-refractivity contribution < 1.29 is 0 Å². The molecule has 5 aliphatic rings. The van der Waals surface area contributed by atoms with Gasteiger partial charge in [0.15, 0.2) is 0 Å². The van der Waals surface area contributed by atoms with Crippen molar-refractivity contribution in [1.29, 1.82) is 0 Å². The van der Waals surface area contributed by atoms with Crippen molar-refractivity contribution in [3.8, 4) is 0 Å². The van der Waals surface area contributed by atoms with Crippen LogP contribution in [-0.4, -0.2) is 6.54 Å². The maximum atomic E-state index is 5.83. The second-order valence-corrected chi connectivity index (χ2v) is 6.69. The predicted molar refractivity (Wildman–Crippen MR) is 54.3 cm³/mol. The van der Waals surface area contributed by atoms with E-state index in [1.807, 2.05) is 0 Å². The van der Waals surface area contributed by atoms with Crippen LogP contribution in [0.25, 0.3) is 0 Å². The second kappa shape index (κ2) is 1.93. The molecule has 0 aromatic heterocycles. The first-order valence-corrected chi connectivity index (χ1v) is 6.62. The van der Waals surface area contributed by atoms with Gasteiger partial charge in [0.1, 0.15) is 0 Å². The lowest BCUT2D eigenvalue weighted by atomic mass is 9.20. The van der Waals surface area contributed by atoms with E-state index in [2.05, 4.69) is 0 Å². The number of rotatable bonds is 1. The molecule has 5 saturated carbocycles. The zero-order valence-corrected chi connectivity index (χ0v) is 8.60. The quantitative estimate of drug-likeness (QED) is 0.625. The molecule has 0 aliphatic heterocycles. The lowest BCUT2D eigenvalue weighted by Crippen LogP contribution is -2.81. The van der Waals surface area contributed by atoms with Gasteiger partial charge in [0.05, 0.1) is 0 Å². The number of nitrogens with two attached hydrogens (primary N) is 1. The summed E-state index contributed by atoms with van der Waals surface area (Å²) in [5.74, 6) is 10.5. The first-order chi connectivity index (χ1) is 6.92. The number of fused-ring (bicyclic) bond motifs is 10. The summed E-state index contributed by atoms with van der Waals surface area (Å²) < 4.78 is 0. The molecule has 5 rings (SSSR count). The Morgan fingerprint density at radius 3 is 2.07 bits per heavy atom. The van der Waals surface area contributed by atoms with Gasteiger partial charge in [-0.15, -0.1) is 0 Å². The Labute approximate surface area is 85.4 Å². The normalized spacial score (nSPS) is 75.6. The van der Waals surface area contributed by atoms with E-state index < -0.39 is 0 Å². The minimum atomic E-state index is 0.946. The van der Waals surface area contributed by atoms with E-state index in [4.69, 9.17) is 5.73 Å². The van der Waals surface area contributed by atoms with Crippen LogP contribution in [0.3, 0.4) is 0 Å². The summed E-state index contributed by atoms with van der Waals surface area (Å²) >= 11 is 0. The summed E-state index contributed by atoms with van der Waals surface area (Å²) in [4.78, 5) is 0. The molecular formula is C13H19N. The molecule has 2 N–H and O–H groups in total. The average molecular weight is 189 g/mol. The topological polar surface area (TPSA) is 26.0 Å². The zero-order chi connectivity index (χ0) is 9.02. The van der Waals surface area contributed by atoms with Crippen LogP contribution in [0.4, 0.5) is 0 Å². The highest BCUT2D eigenvalue weighted by Crippen LogP contribution is 2.83. The summed E-state index contributed by atoms with van der Waals surface area (Å²) in [5, 5.41) is 0. The van der Waals surface area contributed by atoms with Crippen LogP contribution in [-0.2, 0) is 0 Å². The van der Waals surface area contributed by atoms with E-state index >= 15 is 0 Å². The molecule has 5 aliphatic carbocycles. The molecule has 14 heavy (non-hydrogen) atoms. The third-order valence-electron chi connectivity index (χ3n) is 7.01. The summed E-state index contributed by atoms with van der Waals surface area (Å²) in [6.07, 6.45) is 4.68. The van der Waals surface area contributed by atoms with Crippen molar-refractivity contribution in [2.45, 2.75) is 19.3 Å².